The molecule has 0 fully saturated rings. The molecule has 3 rings (SSSR count). The summed E-state index contributed by atoms with van der Waals surface area (Å²) in [6.45, 7) is 1.73. The third-order valence-electron chi connectivity index (χ3n) is 3.85. The Hall–Kier alpha value is -1.92. The van der Waals surface area contributed by atoms with Crippen molar-refractivity contribution in [1.29, 1.82) is 0 Å². The molecular formula is C17H14Cl2F3N3. The number of alkyl halides is 2. The van der Waals surface area contributed by atoms with Crippen LogP contribution in [0.2, 0.25) is 5.02 Å². The first-order chi connectivity index (χ1) is 11.7. The molecule has 1 N–H and O–H groups in total. The van der Waals surface area contributed by atoms with Gasteiger partial charge in [0.2, 0.25) is 0 Å². The molecular weight excluding hydrogens is 374 g/mol. The molecule has 0 unspecified atom stereocenters. The summed E-state index contributed by atoms with van der Waals surface area (Å²) in [4.78, 5) is 0. The smallest absolute Gasteiger partial charge is 0.271 e. The van der Waals surface area contributed by atoms with Crippen LogP contribution in [-0.4, -0.2) is 15.7 Å². The normalized spacial score (nSPS) is 16.4. The Bertz CT molecular complexity index is 901. The molecule has 2 aromatic rings. The Morgan fingerprint density at radius 3 is 2.64 bits per heavy atom. The number of nitrogens with one attached hydrogen (secondary N) is 1. The van der Waals surface area contributed by atoms with Crippen LogP contribution in [0.3, 0.4) is 0 Å². The van der Waals surface area contributed by atoms with Gasteiger partial charge in [0.1, 0.15) is 11.6 Å². The first-order valence-electron chi connectivity index (χ1n) is 7.40. The minimum atomic E-state index is -2.98. The third kappa shape index (κ3) is 3.55. The van der Waals surface area contributed by atoms with E-state index in [1.165, 1.54) is 22.9 Å². The van der Waals surface area contributed by atoms with Gasteiger partial charge in [0.25, 0.3) is 5.92 Å². The van der Waals surface area contributed by atoms with Gasteiger partial charge >= 0.3 is 0 Å². The molecule has 132 valence electrons. The Balaban J connectivity index is 2.07. The monoisotopic (exact) mass is 387 g/mol. The Morgan fingerprint density at radius 1 is 1.28 bits per heavy atom. The minimum Gasteiger partial charge on any atom is -0.338 e. The quantitative estimate of drug-likeness (QED) is 0.719. The number of anilines is 2. The van der Waals surface area contributed by atoms with E-state index in [4.69, 9.17) is 23.2 Å². The first kappa shape index (κ1) is 17.9. The molecule has 0 atom stereocenters. The number of benzene rings is 1. The standard InChI is InChI=1S/C17H14Cl2F3N3/c1-9-15(11-5-6-17(21,22)8-12(11)19)16(25(2)24-9)23-14-4-3-10(18)7-13(14)20/h3-7,23H,8H2,1-2H3. The van der Waals surface area contributed by atoms with Crippen molar-refractivity contribution in [3.05, 3.63) is 57.5 Å². The lowest BCUT2D eigenvalue weighted by molar-refractivity contribution is 0.0567. The summed E-state index contributed by atoms with van der Waals surface area (Å²) in [5.41, 5.74) is 1.77. The summed E-state index contributed by atoms with van der Waals surface area (Å²) in [5, 5.41) is 7.54. The molecule has 25 heavy (non-hydrogen) atoms. The van der Waals surface area contributed by atoms with Gasteiger partial charge in [-0.05, 0) is 31.2 Å². The van der Waals surface area contributed by atoms with E-state index in [-0.39, 0.29) is 15.7 Å². The van der Waals surface area contributed by atoms with E-state index in [9.17, 15) is 13.2 Å². The van der Waals surface area contributed by atoms with Crippen LogP contribution in [0.5, 0.6) is 0 Å². The maximum atomic E-state index is 14.1. The van der Waals surface area contributed by atoms with Crippen molar-refractivity contribution in [3.8, 4) is 0 Å². The molecule has 0 saturated carbocycles. The molecule has 1 heterocycles. The fourth-order valence-corrected chi connectivity index (χ4v) is 3.21. The largest absolute Gasteiger partial charge is 0.338 e. The lowest BCUT2D eigenvalue weighted by Crippen LogP contribution is -2.15. The third-order valence-corrected chi connectivity index (χ3v) is 4.43. The van der Waals surface area contributed by atoms with Crippen molar-refractivity contribution in [1.82, 2.24) is 9.78 Å². The van der Waals surface area contributed by atoms with Crippen molar-refractivity contribution in [2.24, 2.45) is 7.05 Å². The summed E-state index contributed by atoms with van der Waals surface area (Å²) >= 11 is 11.9. The Kier molecular flexibility index (Phi) is 4.60. The van der Waals surface area contributed by atoms with Crippen molar-refractivity contribution >= 4 is 40.3 Å². The predicted molar refractivity (Wildman–Crippen MR) is 94.1 cm³/mol. The van der Waals surface area contributed by atoms with E-state index in [0.717, 1.165) is 6.08 Å². The van der Waals surface area contributed by atoms with Crippen LogP contribution in [0.1, 0.15) is 17.7 Å². The van der Waals surface area contributed by atoms with Gasteiger partial charge in [0.05, 0.1) is 17.8 Å². The minimum absolute atomic E-state index is 0.0308. The molecule has 1 aliphatic carbocycles. The van der Waals surface area contributed by atoms with E-state index in [0.29, 0.717) is 22.6 Å². The van der Waals surface area contributed by atoms with Crippen LogP contribution in [0.4, 0.5) is 24.7 Å². The summed E-state index contributed by atoms with van der Waals surface area (Å²) in [6.07, 6.45) is 1.51. The van der Waals surface area contributed by atoms with Crippen LogP contribution in [-0.2, 0) is 7.05 Å². The van der Waals surface area contributed by atoms with Gasteiger partial charge in [-0.25, -0.2) is 13.2 Å². The van der Waals surface area contributed by atoms with Gasteiger partial charge in [-0.1, -0.05) is 29.3 Å². The van der Waals surface area contributed by atoms with Crippen molar-refractivity contribution < 1.29 is 13.2 Å². The number of allylic oxidation sites excluding steroid dienone is 4. The van der Waals surface area contributed by atoms with Crippen molar-refractivity contribution in [2.75, 3.05) is 5.32 Å². The van der Waals surface area contributed by atoms with Gasteiger partial charge in [-0.2, -0.15) is 5.10 Å². The highest BCUT2D eigenvalue weighted by Crippen LogP contribution is 2.41. The number of hydrogen-bond acceptors (Lipinski definition) is 2. The molecule has 0 aliphatic heterocycles. The summed E-state index contributed by atoms with van der Waals surface area (Å²) in [7, 11) is 1.67. The fourth-order valence-electron chi connectivity index (χ4n) is 2.72. The van der Waals surface area contributed by atoms with E-state index >= 15 is 0 Å². The van der Waals surface area contributed by atoms with Crippen LogP contribution in [0, 0.1) is 12.7 Å². The second-order valence-electron chi connectivity index (χ2n) is 5.77. The summed E-state index contributed by atoms with van der Waals surface area (Å²) < 4.78 is 42.6. The molecule has 0 bridgehead atoms. The zero-order valence-electron chi connectivity index (χ0n) is 13.4. The molecule has 0 saturated heterocycles. The van der Waals surface area contributed by atoms with Gasteiger partial charge in [0.15, 0.2) is 0 Å². The molecule has 0 spiro atoms. The van der Waals surface area contributed by atoms with Crippen LogP contribution in [0.15, 0.2) is 35.4 Å². The zero-order valence-corrected chi connectivity index (χ0v) is 14.9. The Labute approximate surface area is 152 Å². The second kappa shape index (κ2) is 6.42. The first-order valence-corrected chi connectivity index (χ1v) is 8.15. The number of aryl methyl sites for hydroxylation is 2. The number of nitrogens with zero attached hydrogens (tertiary/aromatic N) is 2. The highest BCUT2D eigenvalue weighted by molar-refractivity contribution is 6.33. The van der Waals surface area contributed by atoms with Crippen molar-refractivity contribution in [2.45, 2.75) is 19.3 Å². The lowest BCUT2D eigenvalue weighted by Gasteiger charge is -2.19. The van der Waals surface area contributed by atoms with Gasteiger partial charge < -0.3 is 5.32 Å². The average molecular weight is 388 g/mol. The maximum absolute atomic E-state index is 14.1. The molecule has 3 nitrogen and oxygen atoms in total. The highest BCUT2D eigenvalue weighted by Gasteiger charge is 2.32. The zero-order chi connectivity index (χ0) is 18.4. The molecule has 0 radical (unpaired) electrons. The number of aromatic nitrogens is 2. The van der Waals surface area contributed by atoms with Crippen LogP contribution in [0.25, 0.3) is 5.57 Å². The van der Waals surface area contributed by atoms with Gasteiger partial charge in [-0.3, -0.25) is 4.68 Å². The van der Waals surface area contributed by atoms with Gasteiger partial charge in [-0.15, -0.1) is 0 Å². The summed E-state index contributed by atoms with van der Waals surface area (Å²) in [5.74, 6) is -3.07. The fraction of sp³-hybridized carbons (Fsp3) is 0.235. The van der Waals surface area contributed by atoms with E-state index < -0.39 is 18.2 Å². The molecule has 0 amide bonds. The topological polar surface area (TPSA) is 29.9 Å². The van der Waals surface area contributed by atoms with E-state index in [2.05, 4.69) is 10.4 Å². The highest BCUT2D eigenvalue weighted by atomic mass is 35.5. The van der Waals surface area contributed by atoms with Crippen LogP contribution < -0.4 is 5.32 Å². The average Bonchev–Trinajstić information content (AvgIpc) is 2.76. The van der Waals surface area contributed by atoms with E-state index in [1.54, 1.807) is 20.0 Å². The maximum Gasteiger partial charge on any atom is 0.271 e. The Morgan fingerprint density at radius 2 is 2.00 bits per heavy atom. The predicted octanol–water partition coefficient (Wildman–Crippen LogP) is 5.81. The van der Waals surface area contributed by atoms with E-state index in [1.807, 2.05) is 0 Å². The molecule has 8 heteroatoms. The lowest BCUT2D eigenvalue weighted by atomic mass is 9.97. The van der Waals surface area contributed by atoms with Crippen LogP contribution >= 0.6 is 23.2 Å². The number of rotatable bonds is 3. The number of halogens is 5. The second-order valence-corrected chi connectivity index (χ2v) is 6.66. The number of hydrogen-bond donors (Lipinski definition) is 1. The molecule has 1 aromatic heterocycles. The molecule has 1 aliphatic rings. The van der Waals surface area contributed by atoms with Crippen molar-refractivity contribution in [3.63, 3.8) is 0 Å². The van der Waals surface area contributed by atoms with Gasteiger partial charge in [0, 0.05) is 28.2 Å². The molecule has 1 aromatic carbocycles. The SMILES string of the molecule is Cc1nn(C)c(Nc2ccc(Cl)cc2F)c1C1=C(Cl)CC(F)(F)C=C1. The summed E-state index contributed by atoms with van der Waals surface area (Å²) in [6, 6.07) is 4.22.